The number of nitrogen functional groups attached to an aromatic ring is 2. The molecule has 0 unspecified atom stereocenters. The molecule has 31 nitrogen and oxygen atoms in total. The van der Waals surface area contributed by atoms with Gasteiger partial charge in [0.1, 0.15) is 22.2 Å². The summed E-state index contributed by atoms with van der Waals surface area (Å²) >= 11 is 23.6. The van der Waals surface area contributed by atoms with Gasteiger partial charge >= 0.3 is 47.5 Å². The van der Waals surface area contributed by atoms with Crippen LogP contribution in [0.2, 0.25) is 20.1 Å². The number of hydrogen-bond donors (Lipinski definition) is 2. The molecule has 5 saturated carbocycles. The van der Waals surface area contributed by atoms with Crippen molar-refractivity contribution < 1.29 is 105 Å². The van der Waals surface area contributed by atoms with Crippen molar-refractivity contribution in [3.05, 3.63) is 251 Å². The van der Waals surface area contributed by atoms with Gasteiger partial charge < -0.3 is 44.6 Å². The number of halogens is 7. The van der Waals surface area contributed by atoms with Crippen LogP contribution < -0.4 is 11.5 Å². The van der Waals surface area contributed by atoms with Crippen LogP contribution >= 0.6 is 46.4 Å². The second-order valence-electron chi connectivity index (χ2n) is 34.1. The number of nitro groups is 5. The minimum absolute atomic E-state index is 0.00977. The number of carbonyl (C=O) groups excluding carboxylic acids is 7. The van der Waals surface area contributed by atoms with Gasteiger partial charge in [0.25, 0.3) is 22.7 Å². The molecule has 7 aromatic rings. The number of aryl methyl sites for hydroxylation is 2. The van der Waals surface area contributed by atoms with Gasteiger partial charge in [-0.3, -0.25) is 50.6 Å². The lowest BCUT2D eigenvalue weighted by atomic mass is 9.84. The summed E-state index contributed by atoms with van der Waals surface area (Å²) in [5, 5.41) is 55.4. The number of esters is 7. The Morgan fingerprint density at radius 1 is 0.275 bits per heavy atom. The monoisotopic (exact) mass is 2000 g/mol. The highest BCUT2D eigenvalue weighted by atomic mass is 35.5. The van der Waals surface area contributed by atoms with Crippen molar-refractivity contribution in [2.24, 2.45) is 29.6 Å². The molecule has 0 amide bonds. The fourth-order valence-electron chi connectivity index (χ4n) is 17.3. The van der Waals surface area contributed by atoms with Gasteiger partial charge in [0.05, 0.1) is 119 Å². The Labute approximate surface area is 821 Å². The van der Waals surface area contributed by atoms with Gasteiger partial charge in [0.15, 0.2) is 0 Å². The van der Waals surface area contributed by atoms with Crippen molar-refractivity contribution >= 4 is 128 Å². The number of ether oxygens (including phenoxy) is 7. The number of hydrogen-bond acceptors (Lipinski definition) is 26. The van der Waals surface area contributed by atoms with Crippen molar-refractivity contribution in [2.75, 3.05) is 57.7 Å². The molecule has 0 aromatic heterocycles. The van der Waals surface area contributed by atoms with E-state index in [4.69, 9.17) is 86.3 Å². The predicted octanol–water partition coefficient (Wildman–Crippen LogP) is 26.0. The molecule has 0 spiro atoms. The first-order valence-electron chi connectivity index (χ1n) is 46.9. The standard InChI is InChI=1S/C17H23NO4.C16H20ClNO4.C16H22ClNO2.C16H20FNO4.C16H22FNO2.C10H10ClNO4.C9H7ClFNO4/c1-3-22-17(19)15-11-16(18(20)21)14(9-12(15)2)10-13-7-5-4-6-8-13;1-2-22-16(19)13-10-15(18(20)21)12(9-14(13)17)8-11-6-4-3-5-7-11;1-2-20-16(19)13-10-15(18)12(9-14(13)17)8-11-6-4-3-5-7-11;1-2-22-16(19)13-10-15(18(20)21)12(9-14(13)17)8-11-6-4-3-5-7-11;1-2-20-16(19)13-10-15(18)12(9-14(13)17)8-11-6-4-3-5-7-11;1-3-16-10(13)7-5-9(12(14)15)8(11)4-6(7)2;1-2-16-9(13)5-3-8(12(14)15)7(11)4-6(5)10/h9,11,13H,3-8,10H2,1-2H3;9-11H,2-8H2,1H3;9-11H,2-8,18H2,1H3;9-11H,2-8H2,1H3;9-11H,2-8,18H2,1H3;4-5H,3H2,1-2H3;3-4H,2H2,1H3. The molecule has 12 rings (SSSR count). The van der Waals surface area contributed by atoms with E-state index in [0.717, 1.165) is 117 Å². The third-order valence-corrected chi connectivity index (χ3v) is 25.4. The van der Waals surface area contributed by atoms with Crippen molar-refractivity contribution in [3.8, 4) is 0 Å². The first-order valence-corrected chi connectivity index (χ1v) is 48.4. The van der Waals surface area contributed by atoms with Crippen LogP contribution in [-0.2, 0) is 65.3 Å². The van der Waals surface area contributed by atoms with E-state index >= 15 is 0 Å². The lowest BCUT2D eigenvalue weighted by Gasteiger charge is -2.22. The van der Waals surface area contributed by atoms with Crippen LogP contribution in [0.15, 0.2) is 84.9 Å². The number of anilines is 2. The maximum absolute atomic E-state index is 14.1. The van der Waals surface area contributed by atoms with Crippen LogP contribution in [0.25, 0.3) is 0 Å². The molecule has 5 aliphatic carbocycles. The summed E-state index contributed by atoms with van der Waals surface area (Å²) in [5.41, 5.74) is 16.9. The van der Waals surface area contributed by atoms with E-state index in [1.807, 2.05) is 6.07 Å². The number of nitrogens with two attached hydrogens (primary N) is 2. The molecule has 752 valence electrons. The van der Waals surface area contributed by atoms with Gasteiger partial charge in [0, 0.05) is 64.5 Å². The van der Waals surface area contributed by atoms with Gasteiger partial charge in [-0.05, 0) is 195 Å². The summed E-state index contributed by atoms with van der Waals surface area (Å²) in [6.07, 6.45) is 33.4. The molecule has 138 heavy (non-hydrogen) atoms. The number of rotatable bonds is 29. The Morgan fingerprint density at radius 2 is 0.493 bits per heavy atom. The largest absolute Gasteiger partial charge is 0.462 e. The van der Waals surface area contributed by atoms with Gasteiger partial charge in [-0.1, -0.05) is 207 Å². The molecule has 0 radical (unpaired) electrons. The highest BCUT2D eigenvalue weighted by Gasteiger charge is 2.32. The Balaban J connectivity index is 0.000000248. The van der Waals surface area contributed by atoms with E-state index < -0.39 is 84.6 Å². The average molecular weight is 2010 g/mol. The first kappa shape index (κ1) is 115. The fraction of sp³-hybridized carbons (Fsp3) is 0.510. The van der Waals surface area contributed by atoms with E-state index in [9.17, 15) is 97.3 Å². The third-order valence-electron chi connectivity index (χ3n) is 24.2. The van der Waals surface area contributed by atoms with Crippen molar-refractivity contribution in [3.63, 3.8) is 0 Å². The summed E-state index contributed by atoms with van der Waals surface area (Å²) in [4.78, 5) is 134. The minimum Gasteiger partial charge on any atom is -0.462 e. The molecule has 4 N–H and O–H groups in total. The Morgan fingerprint density at radius 3 is 0.819 bits per heavy atom. The molecule has 0 atom stereocenters. The summed E-state index contributed by atoms with van der Waals surface area (Å²) < 4.78 is 74.9. The van der Waals surface area contributed by atoms with Crippen molar-refractivity contribution in [1.29, 1.82) is 0 Å². The molecule has 7 aromatic carbocycles. The molecular formula is C100H124Cl4F3N7O24. The number of nitrogens with zero attached hydrogens (tertiary/aromatic N) is 5. The van der Waals surface area contributed by atoms with Gasteiger partial charge in [-0.15, -0.1) is 0 Å². The summed E-state index contributed by atoms with van der Waals surface area (Å²) in [7, 11) is 0. The normalized spacial score (nSPS) is 14.4. The Bertz CT molecular complexity index is 4970. The smallest absolute Gasteiger partial charge is 0.341 e. The Kier molecular flexibility index (Phi) is 49.2. The van der Waals surface area contributed by atoms with Crippen LogP contribution in [0.1, 0.15) is 320 Å². The maximum Gasteiger partial charge on any atom is 0.341 e. The van der Waals surface area contributed by atoms with Crippen LogP contribution in [0.5, 0.6) is 0 Å². The summed E-state index contributed by atoms with van der Waals surface area (Å²) in [6, 6.07) is 18.4. The minimum atomic E-state index is -1.09. The van der Waals surface area contributed by atoms with E-state index in [0.29, 0.717) is 99.3 Å². The van der Waals surface area contributed by atoms with Gasteiger partial charge in [-0.2, -0.15) is 4.39 Å². The van der Waals surface area contributed by atoms with Crippen LogP contribution in [0.4, 0.5) is 53.0 Å². The zero-order valence-electron chi connectivity index (χ0n) is 79.5. The van der Waals surface area contributed by atoms with E-state index in [1.165, 1.54) is 139 Å². The van der Waals surface area contributed by atoms with Crippen LogP contribution in [0.3, 0.4) is 0 Å². The van der Waals surface area contributed by atoms with Gasteiger partial charge in [-0.25, -0.2) is 42.3 Å². The fourth-order valence-corrected chi connectivity index (χ4v) is 18.3. The summed E-state index contributed by atoms with van der Waals surface area (Å²) in [5.74, 6) is -4.25. The second-order valence-corrected chi connectivity index (χ2v) is 35.7. The molecule has 5 fully saturated rings. The predicted molar refractivity (Wildman–Crippen MR) is 520 cm³/mol. The number of nitro benzene ring substituents is 5. The molecule has 0 saturated heterocycles. The quantitative estimate of drug-likeness (QED) is 0.0145. The SMILES string of the molecule is CCOC(=O)c1cc(N)c(CC2CCCCC2)cc1Cl.CCOC(=O)c1cc(N)c(CC2CCCCC2)cc1F.CCOC(=O)c1cc([N+](=O)[O-])c(CC2CCCCC2)cc1C.CCOC(=O)c1cc([N+](=O)[O-])c(CC2CCCCC2)cc1Cl.CCOC(=O)c1cc([N+](=O)[O-])c(CC2CCCCC2)cc1F.CCOC(=O)c1cc([N+](=O)[O-])c(Cl)cc1C.CCOC(=O)c1cc([N+](=O)[O-])c(F)cc1Cl. The van der Waals surface area contributed by atoms with E-state index in [-0.39, 0.29) is 110 Å². The molecule has 0 heterocycles. The second kappa shape index (κ2) is 59.0. The molecule has 0 bridgehead atoms. The maximum atomic E-state index is 14.1. The number of carbonyl (C=O) groups is 7. The number of benzene rings is 7. The summed E-state index contributed by atoms with van der Waals surface area (Å²) in [6.45, 7) is 16.6. The highest BCUT2D eigenvalue weighted by molar-refractivity contribution is 6.35. The Hall–Kier alpha value is -11.6. The molecule has 38 heteroatoms. The lowest BCUT2D eigenvalue weighted by molar-refractivity contribution is -0.387. The van der Waals surface area contributed by atoms with E-state index in [2.05, 4.69) is 4.74 Å². The molecular weight excluding hydrogens is 1880 g/mol. The molecule has 5 aliphatic rings. The van der Waals surface area contributed by atoms with Crippen LogP contribution in [-0.4, -0.2) is 113 Å². The zero-order valence-corrected chi connectivity index (χ0v) is 82.5. The topological polar surface area (TPSA) is 452 Å². The van der Waals surface area contributed by atoms with Crippen molar-refractivity contribution in [2.45, 2.75) is 255 Å². The van der Waals surface area contributed by atoms with E-state index in [1.54, 1.807) is 80.5 Å². The lowest BCUT2D eigenvalue weighted by Crippen LogP contribution is -2.13. The van der Waals surface area contributed by atoms with Gasteiger partial charge in [0.2, 0.25) is 5.82 Å². The van der Waals surface area contributed by atoms with Crippen LogP contribution in [0, 0.1) is 111 Å². The molecule has 0 aliphatic heterocycles. The average Bonchev–Trinajstić information content (AvgIpc) is 0.817. The first-order chi connectivity index (χ1) is 65.7. The third kappa shape index (κ3) is 36.0. The highest BCUT2D eigenvalue weighted by Crippen LogP contribution is 2.40. The van der Waals surface area contributed by atoms with Crippen molar-refractivity contribution in [1.82, 2.24) is 0 Å². The zero-order chi connectivity index (χ0) is 102.